The summed E-state index contributed by atoms with van der Waals surface area (Å²) in [4.78, 5) is 7.16. The molecule has 1 N–H and O–H groups in total. The summed E-state index contributed by atoms with van der Waals surface area (Å²) in [6.07, 6.45) is 4.05. The quantitative estimate of drug-likeness (QED) is 0.566. The highest BCUT2D eigenvalue weighted by Gasteiger charge is 1.96. The van der Waals surface area contributed by atoms with E-state index in [0.29, 0.717) is 0 Å². The number of hydrogen-bond donors (Lipinski definition) is 1. The third-order valence-corrected chi connectivity index (χ3v) is 1.29. The zero-order valence-corrected chi connectivity index (χ0v) is 5.21. The molecule has 1 aromatic rings. The third kappa shape index (κ3) is 1.55. The van der Waals surface area contributed by atoms with E-state index in [1.54, 1.807) is 0 Å². The van der Waals surface area contributed by atoms with E-state index in [9.17, 15) is 4.21 Å². The molecule has 0 aliphatic heterocycles. The van der Waals surface area contributed by atoms with E-state index in [1.807, 2.05) is 0 Å². The fourth-order valence-corrected chi connectivity index (χ4v) is 0.678. The Morgan fingerprint density at radius 1 is 1.56 bits per heavy atom. The van der Waals surface area contributed by atoms with Crippen molar-refractivity contribution in [1.82, 2.24) is 9.97 Å². The van der Waals surface area contributed by atoms with Crippen molar-refractivity contribution in [1.29, 1.82) is 0 Å². The van der Waals surface area contributed by atoms with Crippen molar-refractivity contribution >= 4 is 11.1 Å². The lowest BCUT2D eigenvalue weighted by molar-refractivity contribution is 0.560. The Morgan fingerprint density at radius 2 is 2.33 bits per heavy atom. The van der Waals surface area contributed by atoms with Crippen molar-refractivity contribution in [2.45, 2.75) is 5.03 Å². The van der Waals surface area contributed by atoms with Crippen molar-refractivity contribution in [2.24, 2.45) is 0 Å². The van der Waals surface area contributed by atoms with E-state index in [0.717, 1.165) is 0 Å². The summed E-state index contributed by atoms with van der Waals surface area (Å²) in [6, 6.07) is 0. The van der Waals surface area contributed by atoms with Gasteiger partial charge in [-0.15, -0.1) is 0 Å². The summed E-state index contributed by atoms with van der Waals surface area (Å²) >= 11 is -2.00. The van der Waals surface area contributed by atoms with E-state index in [4.69, 9.17) is 4.55 Å². The van der Waals surface area contributed by atoms with Crippen LogP contribution in [0.3, 0.4) is 0 Å². The smallest absolute Gasteiger partial charge is 0.207 e. The van der Waals surface area contributed by atoms with Gasteiger partial charge in [-0.2, -0.15) is 0 Å². The Hall–Kier alpha value is -0.810. The standard InChI is InChI=1S/C4H4N2O2S/c7-9(8)4-3-5-1-2-6-4/h1-3H,(H,7,8). The zero-order valence-electron chi connectivity index (χ0n) is 4.39. The van der Waals surface area contributed by atoms with Crippen molar-refractivity contribution < 1.29 is 8.76 Å². The second kappa shape index (κ2) is 2.65. The average Bonchev–Trinajstić information content (AvgIpc) is 1.90. The van der Waals surface area contributed by atoms with Gasteiger partial charge < -0.3 is 4.55 Å². The molecule has 0 aromatic carbocycles. The van der Waals surface area contributed by atoms with Gasteiger partial charge in [-0.3, -0.25) is 4.98 Å². The fourth-order valence-electron chi connectivity index (χ4n) is 0.376. The summed E-state index contributed by atoms with van der Waals surface area (Å²) in [5, 5.41) is 0.0810. The van der Waals surface area contributed by atoms with Crippen LogP contribution < -0.4 is 0 Å². The molecule has 0 saturated heterocycles. The fraction of sp³-hybridized carbons (Fsp3) is 0. The topological polar surface area (TPSA) is 63.1 Å². The molecule has 0 fully saturated rings. The molecule has 9 heavy (non-hydrogen) atoms. The monoisotopic (exact) mass is 144 g/mol. The van der Waals surface area contributed by atoms with E-state index >= 15 is 0 Å². The van der Waals surface area contributed by atoms with Gasteiger partial charge in [-0.1, -0.05) is 0 Å². The van der Waals surface area contributed by atoms with Gasteiger partial charge in [0.25, 0.3) is 0 Å². The molecule has 0 bridgehead atoms. The van der Waals surface area contributed by atoms with Gasteiger partial charge >= 0.3 is 0 Å². The normalized spacial score (nSPS) is 13.0. The second-order valence-electron chi connectivity index (χ2n) is 1.29. The molecule has 0 aliphatic rings. The van der Waals surface area contributed by atoms with E-state index in [1.165, 1.54) is 18.6 Å². The first-order chi connectivity index (χ1) is 4.30. The largest absolute Gasteiger partial charge is 0.301 e. The van der Waals surface area contributed by atoms with E-state index in [2.05, 4.69) is 9.97 Å². The molecule has 1 aromatic heterocycles. The Morgan fingerprint density at radius 3 is 2.67 bits per heavy atom. The summed E-state index contributed by atoms with van der Waals surface area (Å²) in [5.74, 6) is 0. The predicted octanol–water partition coefficient (Wildman–Crippen LogP) is 0.0572. The second-order valence-corrected chi connectivity index (χ2v) is 2.21. The van der Waals surface area contributed by atoms with Gasteiger partial charge in [-0.25, -0.2) is 9.19 Å². The molecule has 1 heterocycles. The highest BCUT2D eigenvalue weighted by atomic mass is 32.2. The van der Waals surface area contributed by atoms with Gasteiger partial charge in [0.15, 0.2) is 5.03 Å². The van der Waals surface area contributed by atoms with Crippen LogP contribution >= 0.6 is 0 Å². The summed E-state index contributed by atoms with van der Waals surface area (Å²) in [6.45, 7) is 0. The Bertz CT molecular complexity index is 213. The maximum atomic E-state index is 10.2. The minimum atomic E-state index is -2.00. The molecule has 1 rings (SSSR count). The summed E-state index contributed by atoms with van der Waals surface area (Å²) < 4.78 is 18.6. The minimum absolute atomic E-state index is 0.0810. The molecule has 48 valence electrons. The van der Waals surface area contributed by atoms with Crippen LogP contribution in [0.1, 0.15) is 0 Å². The van der Waals surface area contributed by atoms with Crippen molar-refractivity contribution in [3.63, 3.8) is 0 Å². The molecule has 5 heteroatoms. The van der Waals surface area contributed by atoms with Gasteiger partial charge in [-0.05, 0) is 0 Å². The highest BCUT2D eigenvalue weighted by Crippen LogP contribution is 1.92. The van der Waals surface area contributed by atoms with Crippen LogP contribution in [0.15, 0.2) is 23.6 Å². The third-order valence-electron chi connectivity index (χ3n) is 0.718. The molecule has 1 atom stereocenters. The maximum absolute atomic E-state index is 10.2. The molecular formula is C4H4N2O2S. The van der Waals surface area contributed by atoms with Crippen LogP contribution in [-0.4, -0.2) is 18.7 Å². The van der Waals surface area contributed by atoms with Gasteiger partial charge in [0.05, 0.1) is 6.20 Å². The lowest BCUT2D eigenvalue weighted by atomic mass is 10.8. The molecule has 4 nitrogen and oxygen atoms in total. The molecule has 0 spiro atoms. The van der Waals surface area contributed by atoms with Crippen LogP contribution in [-0.2, 0) is 11.1 Å². The average molecular weight is 144 g/mol. The van der Waals surface area contributed by atoms with Crippen LogP contribution in [0.2, 0.25) is 0 Å². The molecule has 0 radical (unpaired) electrons. The van der Waals surface area contributed by atoms with E-state index in [-0.39, 0.29) is 5.03 Å². The molecule has 0 saturated carbocycles. The van der Waals surface area contributed by atoms with Crippen molar-refractivity contribution in [3.8, 4) is 0 Å². The minimum Gasteiger partial charge on any atom is -0.301 e. The molecule has 0 amide bonds. The predicted molar refractivity (Wildman–Crippen MR) is 31.1 cm³/mol. The molecule has 1 unspecified atom stereocenters. The number of rotatable bonds is 1. The molecule has 0 aliphatic carbocycles. The van der Waals surface area contributed by atoms with Gasteiger partial charge in [0.1, 0.15) is 0 Å². The van der Waals surface area contributed by atoms with Crippen LogP contribution in [0.4, 0.5) is 0 Å². The van der Waals surface area contributed by atoms with Crippen LogP contribution in [0, 0.1) is 0 Å². The highest BCUT2D eigenvalue weighted by molar-refractivity contribution is 7.79. The first-order valence-corrected chi connectivity index (χ1v) is 3.28. The first kappa shape index (κ1) is 6.31. The lowest BCUT2D eigenvalue weighted by Gasteiger charge is -1.87. The first-order valence-electron chi connectivity index (χ1n) is 2.17. The Balaban J connectivity index is 2.98. The number of nitrogens with zero attached hydrogens (tertiary/aromatic N) is 2. The van der Waals surface area contributed by atoms with Crippen molar-refractivity contribution in [2.75, 3.05) is 0 Å². The van der Waals surface area contributed by atoms with Gasteiger partial charge in [0.2, 0.25) is 11.1 Å². The van der Waals surface area contributed by atoms with Gasteiger partial charge in [0, 0.05) is 12.4 Å². The zero-order chi connectivity index (χ0) is 6.69. The summed E-state index contributed by atoms with van der Waals surface area (Å²) in [7, 11) is 0. The maximum Gasteiger partial charge on any atom is 0.207 e. The van der Waals surface area contributed by atoms with Crippen LogP contribution in [0.25, 0.3) is 0 Å². The van der Waals surface area contributed by atoms with E-state index < -0.39 is 11.1 Å². The number of aromatic nitrogens is 2. The van der Waals surface area contributed by atoms with Crippen LogP contribution in [0.5, 0.6) is 0 Å². The Labute approximate surface area is 54.2 Å². The number of hydrogen-bond acceptors (Lipinski definition) is 3. The van der Waals surface area contributed by atoms with Crippen molar-refractivity contribution in [3.05, 3.63) is 18.6 Å². The SMILES string of the molecule is O=S(O)c1cnccn1. The Kier molecular flexibility index (Phi) is 1.86. The summed E-state index contributed by atoms with van der Waals surface area (Å²) in [5.41, 5.74) is 0. The molecular weight excluding hydrogens is 140 g/mol. The lowest BCUT2D eigenvalue weighted by Crippen LogP contribution is -1.91.